The minimum atomic E-state index is 0.234. The molecule has 98 valence electrons. The van der Waals surface area contributed by atoms with Crippen LogP contribution in [0.3, 0.4) is 0 Å². The van der Waals surface area contributed by atoms with Crippen LogP contribution in [0.15, 0.2) is 70.9 Å². The average Bonchev–Trinajstić information content (AvgIpc) is 2.48. The monoisotopic (exact) mass is 282 g/mol. The fraction of sp³-hybridized carbons (Fsp3) is 0. The van der Waals surface area contributed by atoms with Gasteiger partial charge in [0.25, 0.3) is 0 Å². The van der Waals surface area contributed by atoms with E-state index in [-0.39, 0.29) is 5.75 Å². The third-order valence-electron chi connectivity index (χ3n) is 3.00. The van der Waals surface area contributed by atoms with Crippen LogP contribution < -0.4 is 0 Å². The van der Waals surface area contributed by atoms with Gasteiger partial charge < -0.3 is 5.11 Å². The van der Waals surface area contributed by atoms with Crippen molar-refractivity contribution in [3.63, 3.8) is 0 Å². The van der Waals surface area contributed by atoms with E-state index in [0.29, 0.717) is 16.4 Å². The second-order valence-corrected chi connectivity index (χ2v) is 4.71. The number of halogens is 1. The molecule has 0 aliphatic heterocycles. The van der Waals surface area contributed by atoms with Gasteiger partial charge in [-0.3, -0.25) is 0 Å². The van der Waals surface area contributed by atoms with Crippen molar-refractivity contribution >= 4 is 33.7 Å². The Kier molecular flexibility index (Phi) is 3.35. The van der Waals surface area contributed by atoms with Crippen LogP contribution >= 0.6 is 11.6 Å². The summed E-state index contributed by atoms with van der Waals surface area (Å²) in [4.78, 5) is 0. The lowest BCUT2D eigenvalue weighted by Gasteiger charge is -2.03. The van der Waals surface area contributed by atoms with E-state index in [1.54, 1.807) is 24.3 Å². The highest BCUT2D eigenvalue weighted by Crippen LogP contribution is 2.34. The maximum absolute atomic E-state index is 9.83. The first-order chi connectivity index (χ1) is 9.75. The van der Waals surface area contributed by atoms with Gasteiger partial charge in [0.15, 0.2) is 0 Å². The number of hydrogen-bond acceptors (Lipinski definition) is 3. The standard InChI is InChI=1S/C16H11ClN2O/c17-13-7-3-4-8-15(13)19-18-14-9-10-16(20)12-6-2-1-5-11(12)14/h1-10,20H. The first-order valence-corrected chi connectivity index (χ1v) is 6.50. The number of benzene rings is 3. The molecule has 0 fully saturated rings. The van der Waals surface area contributed by atoms with Crippen LogP contribution in [0, 0.1) is 0 Å². The zero-order valence-electron chi connectivity index (χ0n) is 10.5. The summed E-state index contributed by atoms with van der Waals surface area (Å²) in [6.45, 7) is 0. The molecule has 3 aromatic carbocycles. The lowest BCUT2D eigenvalue weighted by atomic mass is 10.1. The molecule has 0 unspecified atom stereocenters. The molecule has 0 aliphatic carbocycles. The summed E-state index contributed by atoms with van der Waals surface area (Å²) in [7, 11) is 0. The Labute approximate surface area is 121 Å². The Hall–Kier alpha value is -2.39. The summed E-state index contributed by atoms with van der Waals surface area (Å²) in [5, 5.41) is 20.4. The maximum atomic E-state index is 9.83. The first kappa shape index (κ1) is 12.6. The van der Waals surface area contributed by atoms with Gasteiger partial charge in [-0.1, -0.05) is 48.0 Å². The number of hydrogen-bond donors (Lipinski definition) is 1. The van der Waals surface area contributed by atoms with Crippen molar-refractivity contribution in [2.45, 2.75) is 0 Å². The van der Waals surface area contributed by atoms with Crippen LogP contribution in [-0.2, 0) is 0 Å². The fourth-order valence-corrected chi connectivity index (χ4v) is 2.17. The van der Waals surface area contributed by atoms with Crippen molar-refractivity contribution in [1.82, 2.24) is 0 Å². The number of fused-ring (bicyclic) bond motifs is 1. The molecule has 0 aliphatic rings. The molecule has 0 saturated heterocycles. The maximum Gasteiger partial charge on any atom is 0.123 e. The SMILES string of the molecule is Oc1ccc(N=Nc2ccccc2Cl)c2ccccc12. The van der Waals surface area contributed by atoms with Gasteiger partial charge in [0.05, 0.1) is 10.7 Å². The molecule has 20 heavy (non-hydrogen) atoms. The van der Waals surface area contributed by atoms with Gasteiger partial charge >= 0.3 is 0 Å². The quantitative estimate of drug-likeness (QED) is 0.610. The molecule has 0 atom stereocenters. The number of azo groups is 1. The van der Waals surface area contributed by atoms with E-state index in [4.69, 9.17) is 11.6 Å². The van der Waals surface area contributed by atoms with Crippen LogP contribution in [0.4, 0.5) is 11.4 Å². The van der Waals surface area contributed by atoms with Crippen LogP contribution in [0.2, 0.25) is 5.02 Å². The zero-order chi connectivity index (χ0) is 13.9. The third-order valence-corrected chi connectivity index (χ3v) is 3.32. The lowest BCUT2D eigenvalue weighted by molar-refractivity contribution is 0.481. The summed E-state index contributed by atoms with van der Waals surface area (Å²) >= 11 is 6.04. The Morgan fingerprint density at radius 2 is 1.35 bits per heavy atom. The van der Waals surface area contributed by atoms with Gasteiger partial charge in [-0.05, 0) is 24.3 Å². The van der Waals surface area contributed by atoms with Crippen molar-refractivity contribution < 1.29 is 5.11 Å². The molecule has 0 amide bonds. The molecule has 0 bridgehead atoms. The van der Waals surface area contributed by atoms with Crippen LogP contribution in [0.1, 0.15) is 0 Å². The van der Waals surface area contributed by atoms with Crippen molar-refractivity contribution in [2.75, 3.05) is 0 Å². The van der Waals surface area contributed by atoms with E-state index in [9.17, 15) is 5.11 Å². The van der Waals surface area contributed by atoms with E-state index >= 15 is 0 Å². The van der Waals surface area contributed by atoms with Gasteiger partial charge in [0.2, 0.25) is 0 Å². The first-order valence-electron chi connectivity index (χ1n) is 6.13. The van der Waals surface area contributed by atoms with Crippen LogP contribution in [0.5, 0.6) is 5.75 Å². The van der Waals surface area contributed by atoms with Crippen molar-refractivity contribution in [1.29, 1.82) is 0 Å². The molecule has 0 heterocycles. The van der Waals surface area contributed by atoms with Crippen molar-refractivity contribution in [3.8, 4) is 5.75 Å². The molecular weight excluding hydrogens is 272 g/mol. The highest BCUT2D eigenvalue weighted by molar-refractivity contribution is 6.32. The van der Waals surface area contributed by atoms with Gasteiger partial charge in [-0.15, -0.1) is 10.2 Å². The van der Waals surface area contributed by atoms with E-state index in [1.807, 2.05) is 36.4 Å². The topological polar surface area (TPSA) is 45.0 Å². The van der Waals surface area contributed by atoms with Crippen molar-refractivity contribution in [2.24, 2.45) is 10.2 Å². The third kappa shape index (κ3) is 2.36. The normalized spacial score (nSPS) is 11.2. The minimum absolute atomic E-state index is 0.234. The second-order valence-electron chi connectivity index (χ2n) is 4.30. The predicted molar refractivity (Wildman–Crippen MR) is 81.2 cm³/mol. The fourth-order valence-electron chi connectivity index (χ4n) is 2.00. The summed E-state index contributed by atoms with van der Waals surface area (Å²) in [5.41, 5.74) is 1.31. The van der Waals surface area contributed by atoms with E-state index in [0.717, 1.165) is 10.8 Å². The van der Waals surface area contributed by atoms with Crippen LogP contribution in [0.25, 0.3) is 10.8 Å². The molecule has 3 aromatic rings. The number of phenolic OH excluding ortho intramolecular Hbond substituents is 1. The summed E-state index contributed by atoms with van der Waals surface area (Å²) in [5.74, 6) is 0.234. The molecule has 0 spiro atoms. The predicted octanol–water partition coefficient (Wildman–Crippen LogP) is 5.61. The average molecular weight is 283 g/mol. The van der Waals surface area contributed by atoms with Crippen LogP contribution in [-0.4, -0.2) is 5.11 Å². The summed E-state index contributed by atoms with van der Waals surface area (Å²) in [6.07, 6.45) is 0. The summed E-state index contributed by atoms with van der Waals surface area (Å²) < 4.78 is 0. The Morgan fingerprint density at radius 1 is 0.700 bits per heavy atom. The Bertz CT molecular complexity index is 799. The number of aromatic hydroxyl groups is 1. The van der Waals surface area contributed by atoms with Gasteiger partial charge in [0, 0.05) is 10.8 Å². The minimum Gasteiger partial charge on any atom is -0.507 e. The smallest absolute Gasteiger partial charge is 0.123 e. The van der Waals surface area contributed by atoms with E-state index in [2.05, 4.69) is 10.2 Å². The zero-order valence-corrected chi connectivity index (χ0v) is 11.2. The molecule has 4 heteroatoms. The van der Waals surface area contributed by atoms with E-state index in [1.165, 1.54) is 0 Å². The summed E-state index contributed by atoms with van der Waals surface area (Å²) in [6, 6.07) is 18.1. The molecule has 0 aromatic heterocycles. The van der Waals surface area contributed by atoms with Gasteiger partial charge in [0.1, 0.15) is 11.4 Å². The van der Waals surface area contributed by atoms with Crippen molar-refractivity contribution in [3.05, 3.63) is 65.7 Å². The number of rotatable bonds is 2. The van der Waals surface area contributed by atoms with Gasteiger partial charge in [-0.2, -0.15) is 0 Å². The molecule has 3 nitrogen and oxygen atoms in total. The Morgan fingerprint density at radius 3 is 2.15 bits per heavy atom. The molecule has 0 saturated carbocycles. The van der Waals surface area contributed by atoms with E-state index < -0.39 is 0 Å². The largest absolute Gasteiger partial charge is 0.507 e. The lowest BCUT2D eigenvalue weighted by Crippen LogP contribution is -1.74. The molecule has 0 radical (unpaired) electrons. The Balaban J connectivity index is 2.08. The number of phenols is 1. The molecule has 1 N–H and O–H groups in total. The molecule has 3 rings (SSSR count). The highest BCUT2D eigenvalue weighted by atomic mass is 35.5. The number of nitrogens with zero attached hydrogens (tertiary/aromatic N) is 2. The van der Waals surface area contributed by atoms with Gasteiger partial charge in [-0.25, -0.2) is 0 Å². The molecular formula is C16H11ClN2O. The highest BCUT2D eigenvalue weighted by Gasteiger charge is 2.04. The second kappa shape index (κ2) is 5.31.